The van der Waals surface area contributed by atoms with E-state index in [2.05, 4.69) is 21.3 Å². The summed E-state index contributed by atoms with van der Waals surface area (Å²) in [6.07, 6.45) is 1.78. The highest BCUT2D eigenvalue weighted by molar-refractivity contribution is 7.16. The summed E-state index contributed by atoms with van der Waals surface area (Å²) >= 11 is 7.24. The van der Waals surface area contributed by atoms with E-state index in [0.717, 1.165) is 16.9 Å². The fraction of sp³-hybridized carbons (Fsp3) is 0.0526. The van der Waals surface area contributed by atoms with Gasteiger partial charge in [-0.15, -0.1) is 10.2 Å². The molecule has 4 nitrogen and oxygen atoms in total. The number of nitrogens with zero attached hydrogens (tertiary/aromatic N) is 4. The van der Waals surface area contributed by atoms with Crippen molar-refractivity contribution in [1.82, 2.24) is 4.98 Å². The Bertz CT molecular complexity index is 967. The number of nitriles is 1. The van der Waals surface area contributed by atoms with Crippen LogP contribution in [0.4, 0.5) is 10.7 Å². The van der Waals surface area contributed by atoms with Crippen molar-refractivity contribution in [3.05, 3.63) is 75.9 Å². The van der Waals surface area contributed by atoms with Crippen LogP contribution >= 0.6 is 22.9 Å². The molecule has 1 aromatic heterocycles. The third-order valence-electron chi connectivity index (χ3n) is 3.32. The molecule has 0 aliphatic heterocycles. The second-order valence-electron chi connectivity index (χ2n) is 5.17. The lowest BCUT2D eigenvalue weighted by Gasteiger charge is -1.95. The Morgan fingerprint density at radius 1 is 1.12 bits per heavy atom. The molecule has 0 spiro atoms. The molecule has 3 aromatic rings. The molecule has 3 rings (SSSR count). The molecule has 0 aliphatic rings. The minimum Gasteiger partial charge on any atom is -0.238 e. The fourth-order valence-corrected chi connectivity index (χ4v) is 3.04. The number of rotatable bonds is 4. The van der Waals surface area contributed by atoms with Gasteiger partial charge in [0.1, 0.15) is 11.1 Å². The van der Waals surface area contributed by atoms with Crippen LogP contribution in [-0.4, -0.2) is 4.98 Å². The van der Waals surface area contributed by atoms with E-state index in [-0.39, 0.29) is 0 Å². The van der Waals surface area contributed by atoms with Gasteiger partial charge in [0, 0.05) is 5.02 Å². The summed E-state index contributed by atoms with van der Waals surface area (Å²) in [4.78, 5) is 4.46. The molecule has 0 radical (unpaired) electrons. The Morgan fingerprint density at radius 3 is 2.52 bits per heavy atom. The van der Waals surface area contributed by atoms with Crippen LogP contribution in [0.1, 0.15) is 16.3 Å². The lowest BCUT2D eigenvalue weighted by molar-refractivity contribution is 1.18. The average molecular weight is 365 g/mol. The molecule has 0 saturated carbocycles. The number of aromatic nitrogens is 1. The van der Waals surface area contributed by atoms with E-state index in [1.807, 2.05) is 49.4 Å². The first kappa shape index (κ1) is 17.0. The molecule has 0 fully saturated rings. The fourth-order valence-electron chi connectivity index (χ4n) is 2.06. The molecule has 0 unspecified atom stereocenters. The Labute approximate surface area is 154 Å². The Hall–Kier alpha value is -2.81. The number of hydrogen-bond donors (Lipinski definition) is 0. The molecule has 0 N–H and O–H groups in total. The molecule has 0 amide bonds. The number of aryl methyl sites for hydroxylation is 1. The zero-order valence-corrected chi connectivity index (χ0v) is 14.9. The third kappa shape index (κ3) is 4.38. The lowest BCUT2D eigenvalue weighted by atomic mass is 10.1. The van der Waals surface area contributed by atoms with E-state index in [0.29, 0.717) is 20.6 Å². The van der Waals surface area contributed by atoms with Crippen LogP contribution in [0.5, 0.6) is 0 Å². The van der Waals surface area contributed by atoms with E-state index < -0.39 is 0 Å². The van der Waals surface area contributed by atoms with Gasteiger partial charge in [0.05, 0.1) is 17.0 Å². The predicted octanol–water partition coefficient (Wildman–Crippen LogP) is 6.58. The van der Waals surface area contributed by atoms with Gasteiger partial charge in [-0.05, 0) is 42.8 Å². The molecule has 122 valence electrons. The maximum Gasteiger partial charge on any atom is 0.162 e. The largest absolute Gasteiger partial charge is 0.238 e. The van der Waals surface area contributed by atoms with Crippen LogP contribution in [0.2, 0.25) is 5.02 Å². The third-order valence-corrected chi connectivity index (χ3v) is 4.64. The van der Waals surface area contributed by atoms with Gasteiger partial charge in [0.15, 0.2) is 5.00 Å². The summed E-state index contributed by atoms with van der Waals surface area (Å²) in [5, 5.41) is 19.9. The highest BCUT2D eigenvalue weighted by Gasteiger charge is 2.11. The smallest absolute Gasteiger partial charge is 0.162 e. The van der Waals surface area contributed by atoms with Crippen molar-refractivity contribution >= 4 is 45.3 Å². The van der Waals surface area contributed by atoms with Gasteiger partial charge < -0.3 is 0 Å². The van der Waals surface area contributed by atoms with Gasteiger partial charge in [-0.2, -0.15) is 5.26 Å². The topological polar surface area (TPSA) is 61.4 Å². The SMILES string of the molecule is Cc1nc(/C(C#N)=C/c2ccc(Cl)cc2)sc1N=Nc1ccccc1. The van der Waals surface area contributed by atoms with Crippen molar-refractivity contribution < 1.29 is 0 Å². The zero-order chi connectivity index (χ0) is 17.6. The highest BCUT2D eigenvalue weighted by Crippen LogP contribution is 2.33. The predicted molar refractivity (Wildman–Crippen MR) is 102 cm³/mol. The highest BCUT2D eigenvalue weighted by atomic mass is 35.5. The van der Waals surface area contributed by atoms with Crippen molar-refractivity contribution in [2.45, 2.75) is 6.92 Å². The van der Waals surface area contributed by atoms with Crippen LogP contribution in [-0.2, 0) is 0 Å². The van der Waals surface area contributed by atoms with Crippen molar-refractivity contribution in [3.8, 4) is 6.07 Å². The van der Waals surface area contributed by atoms with E-state index >= 15 is 0 Å². The maximum atomic E-state index is 9.47. The maximum absolute atomic E-state index is 9.47. The van der Waals surface area contributed by atoms with Gasteiger partial charge in [0.2, 0.25) is 0 Å². The molecule has 2 aromatic carbocycles. The minimum atomic E-state index is 0.483. The van der Waals surface area contributed by atoms with Gasteiger partial charge in [-0.3, -0.25) is 0 Å². The quantitative estimate of drug-likeness (QED) is 0.387. The molecule has 6 heteroatoms. The Kier molecular flexibility index (Phi) is 5.34. The normalized spacial score (nSPS) is 11.6. The van der Waals surface area contributed by atoms with E-state index in [1.54, 1.807) is 18.2 Å². The van der Waals surface area contributed by atoms with Crippen LogP contribution in [0.25, 0.3) is 11.6 Å². The number of benzene rings is 2. The standard InChI is InChI=1S/C19H13ClN4S/c1-13-18(24-23-17-5-3-2-4-6-17)25-19(22-13)15(12-21)11-14-7-9-16(20)10-8-14/h2-11H,1H3/b15-11+,24-23?. The van der Waals surface area contributed by atoms with Gasteiger partial charge in [-0.25, -0.2) is 4.98 Å². The second-order valence-corrected chi connectivity index (χ2v) is 6.58. The number of hydrogen-bond acceptors (Lipinski definition) is 5. The molecule has 0 saturated heterocycles. The average Bonchev–Trinajstić information content (AvgIpc) is 3.01. The summed E-state index contributed by atoms with van der Waals surface area (Å²) < 4.78 is 0. The molecule has 0 aliphatic carbocycles. The van der Waals surface area contributed by atoms with Crippen LogP contribution < -0.4 is 0 Å². The van der Waals surface area contributed by atoms with E-state index in [1.165, 1.54) is 11.3 Å². The Balaban J connectivity index is 1.88. The van der Waals surface area contributed by atoms with Crippen molar-refractivity contribution in [2.75, 3.05) is 0 Å². The molecular formula is C19H13ClN4S. The summed E-state index contributed by atoms with van der Waals surface area (Å²) in [5.74, 6) is 0. The monoisotopic (exact) mass is 364 g/mol. The lowest BCUT2D eigenvalue weighted by Crippen LogP contribution is -1.81. The number of allylic oxidation sites excluding steroid dienone is 1. The van der Waals surface area contributed by atoms with E-state index in [4.69, 9.17) is 11.6 Å². The van der Waals surface area contributed by atoms with Crippen molar-refractivity contribution in [3.63, 3.8) is 0 Å². The first-order valence-corrected chi connectivity index (χ1v) is 8.67. The summed E-state index contributed by atoms with van der Waals surface area (Å²) in [6.45, 7) is 1.86. The van der Waals surface area contributed by atoms with Crippen molar-refractivity contribution in [2.24, 2.45) is 10.2 Å². The summed E-state index contributed by atoms with van der Waals surface area (Å²) in [5.41, 5.74) is 2.89. The van der Waals surface area contributed by atoms with Crippen LogP contribution in [0.15, 0.2) is 64.8 Å². The van der Waals surface area contributed by atoms with Crippen LogP contribution in [0, 0.1) is 18.3 Å². The van der Waals surface area contributed by atoms with Gasteiger partial charge >= 0.3 is 0 Å². The first-order chi connectivity index (χ1) is 12.2. The van der Waals surface area contributed by atoms with Gasteiger partial charge in [-0.1, -0.05) is 53.3 Å². The minimum absolute atomic E-state index is 0.483. The van der Waals surface area contributed by atoms with Crippen LogP contribution in [0.3, 0.4) is 0 Å². The molecule has 0 atom stereocenters. The second kappa shape index (κ2) is 7.84. The molecule has 1 heterocycles. The molecule has 25 heavy (non-hydrogen) atoms. The first-order valence-electron chi connectivity index (χ1n) is 7.47. The summed E-state index contributed by atoms with van der Waals surface area (Å²) in [6, 6.07) is 19.0. The molecular weight excluding hydrogens is 352 g/mol. The number of azo groups is 1. The zero-order valence-electron chi connectivity index (χ0n) is 13.3. The summed E-state index contributed by atoms with van der Waals surface area (Å²) in [7, 11) is 0. The van der Waals surface area contributed by atoms with Gasteiger partial charge in [0.25, 0.3) is 0 Å². The molecule has 0 bridgehead atoms. The van der Waals surface area contributed by atoms with Crippen molar-refractivity contribution in [1.29, 1.82) is 5.26 Å². The van der Waals surface area contributed by atoms with E-state index in [9.17, 15) is 5.26 Å². The number of thiazole rings is 1. The number of halogens is 1. The Morgan fingerprint density at radius 2 is 1.84 bits per heavy atom.